The Labute approximate surface area is 139 Å². The highest BCUT2D eigenvalue weighted by Gasteiger charge is 2.28. The number of aromatic nitrogens is 6. The van der Waals surface area contributed by atoms with Gasteiger partial charge in [0, 0.05) is 13.1 Å². The van der Waals surface area contributed by atoms with Gasteiger partial charge in [-0.15, -0.1) is 5.10 Å². The van der Waals surface area contributed by atoms with Crippen molar-refractivity contribution >= 4 is 17.5 Å². The van der Waals surface area contributed by atoms with Crippen LogP contribution in [0.25, 0.3) is 0 Å². The van der Waals surface area contributed by atoms with Crippen LogP contribution >= 0.6 is 11.6 Å². The van der Waals surface area contributed by atoms with Crippen LogP contribution in [-0.2, 0) is 17.9 Å². The molecule has 0 saturated carbocycles. The number of amides is 1. The maximum absolute atomic E-state index is 12.5. The van der Waals surface area contributed by atoms with E-state index in [1.54, 1.807) is 4.68 Å². The zero-order valence-electron chi connectivity index (χ0n) is 13.3. The molecule has 1 atom stereocenters. The van der Waals surface area contributed by atoms with Crippen molar-refractivity contribution in [2.24, 2.45) is 0 Å². The fraction of sp³-hybridized carbons (Fsp3) is 0.643. The van der Waals surface area contributed by atoms with E-state index in [0.717, 1.165) is 37.2 Å². The molecule has 3 heterocycles. The van der Waals surface area contributed by atoms with Crippen molar-refractivity contribution in [2.75, 3.05) is 6.54 Å². The lowest BCUT2D eigenvalue weighted by atomic mass is 10.0. The Bertz CT molecular complexity index is 708. The molecule has 0 radical (unpaired) electrons. The van der Waals surface area contributed by atoms with Gasteiger partial charge in [0.25, 0.3) is 0 Å². The number of nitrogens with one attached hydrogen (secondary N) is 1. The SMILES string of the molecule is Cc1nn(CCNC(=O)C2CCCCn3nnnc32)c(C)c1Cl. The highest BCUT2D eigenvalue weighted by atomic mass is 35.5. The first-order valence-electron chi connectivity index (χ1n) is 7.81. The number of fused-ring (bicyclic) bond motifs is 1. The molecule has 1 aliphatic heterocycles. The Hall–Kier alpha value is -1.96. The smallest absolute Gasteiger partial charge is 0.230 e. The van der Waals surface area contributed by atoms with Gasteiger partial charge < -0.3 is 5.32 Å². The third-order valence-electron chi connectivity index (χ3n) is 4.22. The predicted molar refractivity (Wildman–Crippen MR) is 84.1 cm³/mol. The van der Waals surface area contributed by atoms with Crippen LogP contribution in [0, 0.1) is 13.8 Å². The van der Waals surface area contributed by atoms with E-state index >= 15 is 0 Å². The molecule has 0 aromatic carbocycles. The van der Waals surface area contributed by atoms with Crippen LogP contribution in [0.5, 0.6) is 0 Å². The Kier molecular flexibility index (Phi) is 4.61. The number of carbonyl (C=O) groups excluding carboxylic acids is 1. The van der Waals surface area contributed by atoms with Crippen LogP contribution in [0.1, 0.15) is 42.4 Å². The maximum atomic E-state index is 12.5. The molecule has 3 rings (SSSR count). The normalized spacial score (nSPS) is 17.6. The minimum Gasteiger partial charge on any atom is -0.354 e. The third-order valence-corrected chi connectivity index (χ3v) is 4.76. The molecule has 1 amide bonds. The van der Waals surface area contributed by atoms with Gasteiger partial charge in [-0.2, -0.15) is 5.10 Å². The summed E-state index contributed by atoms with van der Waals surface area (Å²) in [5.41, 5.74) is 1.72. The van der Waals surface area contributed by atoms with Gasteiger partial charge in [-0.1, -0.05) is 18.0 Å². The lowest BCUT2D eigenvalue weighted by molar-refractivity contribution is -0.122. The Morgan fingerprint density at radius 2 is 2.22 bits per heavy atom. The minimum absolute atomic E-state index is 0.0319. The minimum atomic E-state index is -0.281. The second kappa shape index (κ2) is 6.66. The lowest BCUT2D eigenvalue weighted by Crippen LogP contribution is -2.33. The van der Waals surface area contributed by atoms with Gasteiger partial charge in [-0.25, -0.2) is 4.68 Å². The van der Waals surface area contributed by atoms with Gasteiger partial charge in [0.05, 0.1) is 28.9 Å². The van der Waals surface area contributed by atoms with Crippen LogP contribution in [0.4, 0.5) is 0 Å². The molecular weight excluding hydrogens is 318 g/mol. The lowest BCUT2D eigenvalue weighted by Gasteiger charge is -2.13. The van der Waals surface area contributed by atoms with Crippen molar-refractivity contribution in [3.05, 3.63) is 22.2 Å². The number of nitrogens with zero attached hydrogens (tertiary/aromatic N) is 6. The molecule has 2 aromatic rings. The Balaban J connectivity index is 1.61. The number of aryl methyl sites for hydroxylation is 2. The van der Waals surface area contributed by atoms with Gasteiger partial charge in [-0.3, -0.25) is 9.48 Å². The quantitative estimate of drug-likeness (QED) is 0.906. The summed E-state index contributed by atoms with van der Waals surface area (Å²) in [7, 11) is 0. The van der Waals surface area contributed by atoms with E-state index in [1.165, 1.54) is 0 Å². The van der Waals surface area contributed by atoms with Crippen LogP contribution in [0.3, 0.4) is 0 Å². The van der Waals surface area contributed by atoms with Crippen molar-refractivity contribution in [3.8, 4) is 0 Å². The molecule has 0 spiro atoms. The molecule has 1 N–H and O–H groups in total. The first-order valence-corrected chi connectivity index (χ1v) is 8.19. The third kappa shape index (κ3) is 3.21. The molecule has 1 unspecified atom stereocenters. The molecule has 0 saturated heterocycles. The summed E-state index contributed by atoms with van der Waals surface area (Å²) < 4.78 is 3.55. The van der Waals surface area contributed by atoms with Crippen molar-refractivity contribution in [1.29, 1.82) is 0 Å². The molecule has 0 bridgehead atoms. The van der Waals surface area contributed by atoms with Crippen LogP contribution in [-0.4, -0.2) is 42.4 Å². The molecule has 0 aliphatic carbocycles. The number of hydrogen-bond donors (Lipinski definition) is 1. The monoisotopic (exact) mass is 337 g/mol. The summed E-state index contributed by atoms with van der Waals surface area (Å²) in [5, 5.41) is 19.7. The van der Waals surface area contributed by atoms with E-state index in [4.69, 9.17) is 11.6 Å². The summed E-state index contributed by atoms with van der Waals surface area (Å²) >= 11 is 6.13. The van der Waals surface area contributed by atoms with Crippen molar-refractivity contribution in [2.45, 2.75) is 52.1 Å². The van der Waals surface area contributed by atoms with Crippen LogP contribution in [0.2, 0.25) is 5.02 Å². The zero-order valence-corrected chi connectivity index (χ0v) is 14.0. The van der Waals surface area contributed by atoms with Crippen molar-refractivity contribution < 1.29 is 4.79 Å². The largest absolute Gasteiger partial charge is 0.354 e. The van der Waals surface area contributed by atoms with Crippen LogP contribution in [0.15, 0.2) is 0 Å². The van der Waals surface area contributed by atoms with Gasteiger partial charge in [-0.05, 0) is 37.1 Å². The molecule has 8 nitrogen and oxygen atoms in total. The van der Waals surface area contributed by atoms with Gasteiger partial charge in [0.15, 0.2) is 5.82 Å². The average molecular weight is 338 g/mol. The van der Waals surface area contributed by atoms with Gasteiger partial charge >= 0.3 is 0 Å². The summed E-state index contributed by atoms with van der Waals surface area (Å²) in [6, 6.07) is 0. The number of rotatable bonds is 4. The maximum Gasteiger partial charge on any atom is 0.230 e. The van der Waals surface area contributed by atoms with E-state index in [1.807, 2.05) is 18.5 Å². The Morgan fingerprint density at radius 1 is 1.39 bits per heavy atom. The van der Waals surface area contributed by atoms with Gasteiger partial charge in [0.2, 0.25) is 5.91 Å². The zero-order chi connectivity index (χ0) is 16.4. The van der Waals surface area contributed by atoms with Crippen LogP contribution < -0.4 is 5.32 Å². The summed E-state index contributed by atoms with van der Waals surface area (Å²) in [5.74, 6) is 0.348. The van der Waals surface area contributed by atoms with Crippen molar-refractivity contribution in [1.82, 2.24) is 35.3 Å². The highest BCUT2D eigenvalue weighted by Crippen LogP contribution is 2.24. The number of halogens is 1. The Morgan fingerprint density at radius 3 is 2.96 bits per heavy atom. The predicted octanol–water partition coefficient (Wildman–Crippen LogP) is 1.22. The molecule has 124 valence electrons. The second-order valence-corrected chi connectivity index (χ2v) is 6.19. The van der Waals surface area contributed by atoms with E-state index in [0.29, 0.717) is 23.9 Å². The average Bonchev–Trinajstić information content (AvgIpc) is 3.01. The van der Waals surface area contributed by atoms with E-state index in [2.05, 4.69) is 25.9 Å². The molecule has 0 fully saturated rings. The number of tetrazole rings is 1. The standard InChI is InChI=1S/C14H20ClN7O/c1-9-12(15)10(2)21(18-9)8-6-16-14(23)11-5-3-4-7-22-13(11)17-19-20-22/h11H,3-8H2,1-2H3,(H,16,23). The van der Waals surface area contributed by atoms with E-state index in [-0.39, 0.29) is 11.8 Å². The number of carbonyl (C=O) groups is 1. The fourth-order valence-electron chi connectivity index (χ4n) is 2.91. The van der Waals surface area contributed by atoms with Gasteiger partial charge in [0.1, 0.15) is 0 Å². The first kappa shape index (κ1) is 15.9. The first-order chi connectivity index (χ1) is 11.1. The van der Waals surface area contributed by atoms with E-state index in [9.17, 15) is 4.79 Å². The fourth-order valence-corrected chi connectivity index (χ4v) is 3.04. The van der Waals surface area contributed by atoms with E-state index < -0.39 is 0 Å². The van der Waals surface area contributed by atoms with Crippen molar-refractivity contribution in [3.63, 3.8) is 0 Å². The second-order valence-electron chi connectivity index (χ2n) is 5.81. The molecule has 23 heavy (non-hydrogen) atoms. The molecule has 2 aromatic heterocycles. The molecule has 9 heteroatoms. The highest BCUT2D eigenvalue weighted by molar-refractivity contribution is 6.31. The molecule has 1 aliphatic rings. The summed E-state index contributed by atoms with van der Waals surface area (Å²) in [4.78, 5) is 12.5. The topological polar surface area (TPSA) is 90.5 Å². The summed E-state index contributed by atoms with van der Waals surface area (Å²) in [6.07, 6.45) is 2.75. The molecular formula is C14H20ClN7O. The number of hydrogen-bond acceptors (Lipinski definition) is 5. The summed E-state index contributed by atoms with van der Waals surface area (Å²) in [6.45, 7) is 5.65.